The molecular formula is C22H33N3O4. The molecule has 1 aliphatic heterocycles. The van der Waals surface area contributed by atoms with E-state index in [9.17, 15) is 9.59 Å². The molecule has 160 valence electrons. The molecule has 1 N–H and O–H groups in total. The third-order valence-electron chi connectivity index (χ3n) is 5.92. The van der Waals surface area contributed by atoms with Crippen LogP contribution in [0.3, 0.4) is 0 Å². The van der Waals surface area contributed by atoms with Crippen LogP contribution in [0.2, 0.25) is 0 Å². The fraction of sp³-hybridized carbons (Fsp3) is 0.636. The molecule has 7 nitrogen and oxygen atoms in total. The molecule has 0 bridgehead atoms. The monoisotopic (exact) mass is 403 g/mol. The minimum atomic E-state index is -0.0812. The Morgan fingerprint density at radius 3 is 2.17 bits per heavy atom. The maximum absolute atomic E-state index is 12.6. The minimum absolute atomic E-state index is 0.0812. The van der Waals surface area contributed by atoms with Crippen LogP contribution < -0.4 is 14.8 Å². The van der Waals surface area contributed by atoms with Gasteiger partial charge >= 0.3 is 0 Å². The minimum Gasteiger partial charge on any atom is -0.497 e. The number of rotatable bonds is 7. The van der Waals surface area contributed by atoms with E-state index in [4.69, 9.17) is 9.47 Å². The zero-order valence-corrected chi connectivity index (χ0v) is 17.6. The smallest absolute Gasteiger partial charge is 0.238 e. The Kier molecular flexibility index (Phi) is 7.75. The highest BCUT2D eigenvalue weighted by molar-refractivity contribution is 5.92. The second kappa shape index (κ2) is 10.5. The highest BCUT2D eigenvalue weighted by Crippen LogP contribution is 2.27. The van der Waals surface area contributed by atoms with Gasteiger partial charge in [0, 0.05) is 56.5 Å². The number of anilines is 1. The first-order valence-electron chi connectivity index (χ1n) is 10.6. The lowest BCUT2D eigenvalue weighted by atomic mass is 9.86. The Bertz CT molecular complexity index is 673. The van der Waals surface area contributed by atoms with E-state index in [1.807, 2.05) is 4.90 Å². The number of nitrogens with zero attached hydrogens (tertiary/aromatic N) is 2. The standard InChI is InChI=1S/C22H33N3O4/c1-28-19-13-18(14-20(15-19)29-2)23-21(26)16-24-8-10-25(11-9-24)22(27)12-17-6-4-3-5-7-17/h13-15,17H,3-12,16H2,1-2H3,(H,23,26). The van der Waals surface area contributed by atoms with Gasteiger partial charge in [0.15, 0.2) is 0 Å². The van der Waals surface area contributed by atoms with Gasteiger partial charge in [-0.2, -0.15) is 0 Å². The van der Waals surface area contributed by atoms with E-state index in [1.54, 1.807) is 32.4 Å². The average Bonchev–Trinajstić information content (AvgIpc) is 2.74. The fourth-order valence-electron chi connectivity index (χ4n) is 4.21. The summed E-state index contributed by atoms with van der Waals surface area (Å²) < 4.78 is 10.5. The van der Waals surface area contributed by atoms with Crippen molar-refractivity contribution in [1.82, 2.24) is 9.80 Å². The van der Waals surface area contributed by atoms with Crippen molar-refractivity contribution in [3.8, 4) is 11.5 Å². The Morgan fingerprint density at radius 2 is 1.59 bits per heavy atom. The van der Waals surface area contributed by atoms with E-state index >= 15 is 0 Å². The summed E-state index contributed by atoms with van der Waals surface area (Å²) in [5.41, 5.74) is 0.646. The van der Waals surface area contributed by atoms with E-state index in [2.05, 4.69) is 10.2 Å². The van der Waals surface area contributed by atoms with E-state index < -0.39 is 0 Å². The molecule has 3 rings (SSSR count). The summed E-state index contributed by atoms with van der Waals surface area (Å²) in [6.45, 7) is 3.17. The Balaban J connectivity index is 1.43. The molecule has 1 saturated carbocycles. The maximum atomic E-state index is 12.6. The first-order valence-corrected chi connectivity index (χ1v) is 10.6. The molecule has 1 saturated heterocycles. The van der Waals surface area contributed by atoms with E-state index in [1.165, 1.54) is 32.1 Å². The van der Waals surface area contributed by atoms with Crippen molar-refractivity contribution >= 4 is 17.5 Å². The van der Waals surface area contributed by atoms with Crippen LogP contribution in [0.5, 0.6) is 11.5 Å². The van der Waals surface area contributed by atoms with Crippen LogP contribution in [0.25, 0.3) is 0 Å². The van der Waals surface area contributed by atoms with Crippen LogP contribution >= 0.6 is 0 Å². The largest absolute Gasteiger partial charge is 0.497 e. The first-order chi connectivity index (χ1) is 14.1. The molecule has 29 heavy (non-hydrogen) atoms. The van der Waals surface area contributed by atoms with Gasteiger partial charge < -0.3 is 19.7 Å². The normalized spacial score (nSPS) is 18.3. The Morgan fingerprint density at radius 1 is 0.966 bits per heavy atom. The van der Waals surface area contributed by atoms with Gasteiger partial charge in [-0.15, -0.1) is 0 Å². The molecule has 1 aliphatic carbocycles. The van der Waals surface area contributed by atoms with Gasteiger partial charge in [0.25, 0.3) is 0 Å². The summed E-state index contributed by atoms with van der Waals surface area (Å²) in [7, 11) is 3.16. The summed E-state index contributed by atoms with van der Waals surface area (Å²) in [6, 6.07) is 5.30. The topological polar surface area (TPSA) is 71.1 Å². The van der Waals surface area contributed by atoms with Crippen LogP contribution in [0.15, 0.2) is 18.2 Å². The predicted molar refractivity (Wildman–Crippen MR) is 112 cm³/mol. The number of carbonyl (C=O) groups is 2. The molecule has 2 amide bonds. The van der Waals surface area contributed by atoms with Crippen molar-refractivity contribution in [2.24, 2.45) is 5.92 Å². The van der Waals surface area contributed by atoms with E-state index in [-0.39, 0.29) is 11.8 Å². The van der Waals surface area contributed by atoms with Crippen LogP contribution in [0.1, 0.15) is 38.5 Å². The van der Waals surface area contributed by atoms with Gasteiger partial charge in [0.1, 0.15) is 11.5 Å². The highest BCUT2D eigenvalue weighted by Gasteiger charge is 2.25. The van der Waals surface area contributed by atoms with Gasteiger partial charge in [-0.25, -0.2) is 0 Å². The Hall–Kier alpha value is -2.28. The second-order valence-electron chi connectivity index (χ2n) is 8.01. The SMILES string of the molecule is COc1cc(NC(=O)CN2CCN(C(=O)CC3CCCCC3)CC2)cc(OC)c1. The number of carbonyl (C=O) groups excluding carboxylic acids is 2. The van der Waals surface area contributed by atoms with Crippen LogP contribution in [-0.2, 0) is 9.59 Å². The third kappa shape index (κ3) is 6.35. The van der Waals surface area contributed by atoms with Crippen molar-refractivity contribution in [1.29, 1.82) is 0 Å². The zero-order valence-electron chi connectivity index (χ0n) is 17.6. The number of methoxy groups -OCH3 is 2. The lowest BCUT2D eigenvalue weighted by Gasteiger charge is -2.35. The number of amides is 2. The molecule has 1 heterocycles. The highest BCUT2D eigenvalue weighted by atomic mass is 16.5. The molecule has 7 heteroatoms. The third-order valence-corrected chi connectivity index (χ3v) is 5.92. The summed E-state index contributed by atoms with van der Waals surface area (Å²) in [5, 5.41) is 2.91. The van der Waals surface area contributed by atoms with Crippen molar-refractivity contribution in [3.05, 3.63) is 18.2 Å². The van der Waals surface area contributed by atoms with Crippen LogP contribution in [0.4, 0.5) is 5.69 Å². The molecule has 1 aromatic rings. The fourth-order valence-corrected chi connectivity index (χ4v) is 4.21. The van der Waals surface area contributed by atoms with Gasteiger partial charge in [0.2, 0.25) is 11.8 Å². The predicted octanol–water partition coefficient (Wildman–Crippen LogP) is 2.76. The van der Waals surface area contributed by atoms with Crippen LogP contribution in [-0.4, -0.2) is 68.6 Å². The van der Waals surface area contributed by atoms with E-state index in [0.29, 0.717) is 49.2 Å². The summed E-state index contributed by atoms with van der Waals surface area (Å²) in [4.78, 5) is 29.1. The molecule has 2 fully saturated rings. The van der Waals surface area contributed by atoms with Gasteiger partial charge in [0.05, 0.1) is 20.8 Å². The number of hydrogen-bond acceptors (Lipinski definition) is 5. The maximum Gasteiger partial charge on any atom is 0.238 e. The molecule has 0 radical (unpaired) electrons. The lowest BCUT2D eigenvalue weighted by Crippen LogP contribution is -2.50. The van der Waals surface area contributed by atoms with Crippen molar-refractivity contribution < 1.29 is 19.1 Å². The summed E-state index contributed by atoms with van der Waals surface area (Å²) >= 11 is 0. The van der Waals surface area contributed by atoms with Gasteiger partial charge in [-0.3, -0.25) is 14.5 Å². The van der Waals surface area contributed by atoms with Crippen molar-refractivity contribution in [2.75, 3.05) is 52.3 Å². The van der Waals surface area contributed by atoms with Gasteiger partial charge in [-0.05, 0) is 18.8 Å². The average molecular weight is 404 g/mol. The molecule has 2 aliphatic rings. The Labute approximate surface area is 173 Å². The molecular weight excluding hydrogens is 370 g/mol. The summed E-state index contributed by atoms with van der Waals surface area (Å²) in [5.74, 6) is 2.03. The van der Waals surface area contributed by atoms with Gasteiger partial charge in [-0.1, -0.05) is 19.3 Å². The van der Waals surface area contributed by atoms with E-state index in [0.717, 1.165) is 13.1 Å². The molecule has 0 spiro atoms. The van der Waals surface area contributed by atoms with Crippen molar-refractivity contribution in [3.63, 3.8) is 0 Å². The molecule has 0 unspecified atom stereocenters. The molecule has 0 atom stereocenters. The first kappa shape index (κ1) is 21.4. The summed E-state index contributed by atoms with van der Waals surface area (Å²) in [6.07, 6.45) is 6.92. The molecule has 1 aromatic carbocycles. The number of benzene rings is 1. The lowest BCUT2D eigenvalue weighted by molar-refractivity contribution is -0.134. The number of piperazine rings is 1. The quantitative estimate of drug-likeness (QED) is 0.758. The number of hydrogen-bond donors (Lipinski definition) is 1. The second-order valence-corrected chi connectivity index (χ2v) is 8.01. The zero-order chi connectivity index (χ0) is 20.6. The van der Waals surface area contributed by atoms with Crippen molar-refractivity contribution in [2.45, 2.75) is 38.5 Å². The number of ether oxygens (including phenoxy) is 2. The molecule has 0 aromatic heterocycles. The number of nitrogens with one attached hydrogen (secondary N) is 1. The van der Waals surface area contributed by atoms with Crippen LogP contribution in [0, 0.1) is 5.92 Å².